The Bertz CT molecular complexity index is 2330. The van der Waals surface area contributed by atoms with Crippen molar-refractivity contribution in [2.45, 2.75) is 12.5 Å². The summed E-state index contributed by atoms with van der Waals surface area (Å²) in [5.41, 5.74) is 6.55. The van der Waals surface area contributed by atoms with E-state index < -0.39 is 0 Å². The van der Waals surface area contributed by atoms with Crippen LogP contribution in [0.15, 0.2) is 120 Å². The summed E-state index contributed by atoms with van der Waals surface area (Å²) < 4.78 is 9.88. The number of hydrogen-bond donors (Lipinski definition) is 0. The molecule has 1 aliphatic rings. The Kier molecular flexibility index (Phi) is 4.32. The lowest BCUT2D eigenvalue weighted by molar-refractivity contribution is 0.648. The van der Waals surface area contributed by atoms with Gasteiger partial charge in [0.25, 0.3) is 0 Å². The van der Waals surface area contributed by atoms with E-state index in [2.05, 4.69) is 108 Å². The Hall–Kier alpha value is -4.67. The molecule has 1 aliphatic carbocycles. The number of benzene rings is 5. The van der Waals surface area contributed by atoms with Gasteiger partial charge in [-0.15, -0.1) is 11.3 Å². The van der Waals surface area contributed by atoms with Crippen molar-refractivity contribution in [2.75, 3.05) is 0 Å². The largest absolute Gasteiger partial charge is 0.456 e. The number of allylic oxidation sites excluding steroid dienone is 4. The monoisotopic (exact) mass is 518 g/mol. The maximum Gasteiger partial charge on any atom is 0.137 e. The van der Waals surface area contributed by atoms with Crippen LogP contribution in [0.5, 0.6) is 0 Å². The van der Waals surface area contributed by atoms with Gasteiger partial charge in [-0.2, -0.15) is 0 Å². The zero-order valence-electron chi connectivity index (χ0n) is 21.0. The van der Waals surface area contributed by atoms with Crippen molar-refractivity contribution in [3.05, 3.63) is 115 Å². The predicted molar refractivity (Wildman–Crippen MR) is 165 cm³/mol. The van der Waals surface area contributed by atoms with Crippen LogP contribution in [0.3, 0.4) is 0 Å². The predicted octanol–water partition coefficient (Wildman–Crippen LogP) is 10.2. The normalized spacial score (nSPS) is 15.6. The molecule has 0 N–H and O–H groups in total. The summed E-state index contributed by atoms with van der Waals surface area (Å²) in [7, 11) is 0. The highest BCUT2D eigenvalue weighted by Gasteiger charge is 2.22. The molecule has 9 rings (SSSR count). The number of furan rings is 1. The van der Waals surface area contributed by atoms with Gasteiger partial charge in [-0.05, 0) is 53.6 Å². The summed E-state index contributed by atoms with van der Waals surface area (Å²) >= 11 is 1.77. The molecular weight excluding hydrogens is 496 g/mol. The molecule has 0 bridgehead atoms. The summed E-state index contributed by atoms with van der Waals surface area (Å²) in [6.07, 6.45) is 9.89. The molecule has 3 aromatic heterocycles. The second kappa shape index (κ2) is 7.92. The summed E-state index contributed by atoms with van der Waals surface area (Å²) in [4.78, 5) is 5.20. The number of aromatic nitrogens is 2. The highest BCUT2D eigenvalue weighted by atomic mass is 32.1. The van der Waals surface area contributed by atoms with Crippen molar-refractivity contribution >= 4 is 76.1 Å². The van der Waals surface area contributed by atoms with Crippen LogP contribution in [0.4, 0.5) is 0 Å². The van der Waals surface area contributed by atoms with Gasteiger partial charge in [0.15, 0.2) is 0 Å². The van der Waals surface area contributed by atoms with Crippen LogP contribution in [-0.2, 0) is 0 Å². The van der Waals surface area contributed by atoms with Crippen LogP contribution in [0.2, 0.25) is 0 Å². The Morgan fingerprint density at radius 1 is 0.744 bits per heavy atom. The molecular formula is C35H22N2OS. The molecule has 8 aromatic rings. The van der Waals surface area contributed by atoms with Gasteiger partial charge in [-0.25, -0.2) is 4.98 Å². The Morgan fingerprint density at radius 3 is 2.51 bits per heavy atom. The first-order chi connectivity index (χ1) is 19.3. The average molecular weight is 519 g/mol. The van der Waals surface area contributed by atoms with Crippen molar-refractivity contribution in [3.63, 3.8) is 0 Å². The first-order valence-electron chi connectivity index (χ1n) is 13.3. The van der Waals surface area contributed by atoms with E-state index in [1.807, 2.05) is 12.1 Å². The van der Waals surface area contributed by atoms with Crippen LogP contribution >= 0.6 is 11.3 Å². The topological polar surface area (TPSA) is 31.0 Å². The molecule has 4 heteroatoms. The van der Waals surface area contributed by atoms with E-state index in [1.54, 1.807) is 11.3 Å². The van der Waals surface area contributed by atoms with Crippen LogP contribution < -0.4 is 0 Å². The molecule has 0 radical (unpaired) electrons. The minimum Gasteiger partial charge on any atom is -0.456 e. The lowest BCUT2D eigenvalue weighted by atomic mass is 10.0. The zero-order chi connectivity index (χ0) is 25.5. The molecule has 0 saturated carbocycles. The molecule has 184 valence electrons. The molecule has 1 atom stereocenters. The number of nitrogens with zero attached hydrogens (tertiary/aromatic N) is 2. The molecule has 5 aromatic carbocycles. The van der Waals surface area contributed by atoms with Crippen LogP contribution in [0, 0.1) is 0 Å². The fraction of sp³-hybridized carbons (Fsp3) is 0.0571. The van der Waals surface area contributed by atoms with Crippen molar-refractivity contribution in [3.8, 4) is 10.6 Å². The molecule has 0 saturated heterocycles. The number of fused-ring (bicyclic) bond motifs is 9. The van der Waals surface area contributed by atoms with E-state index in [9.17, 15) is 0 Å². The highest BCUT2D eigenvalue weighted by molar-refractivity contribution is 7.22. The van der Waals surface area contributed by atoms with Gasteiger partial charge < -0.3 is 8.98 Å². The molecule has 0 spiro atoms. The lowest BCUT2D eigenvalue weighted by Crippen LogP contribution is -2.06. The van der Waals surface area contributed by atoms with Crippen molar-refractivity contribution in [2.24, 2.45) is 0 Å². The second-order valence-electron chi connectivity index (χ2n) is 10.3. The van der Waals surface area contributed by atoms with Crippen molar-refractivity contribution in [1.82, 2.24) is 9.55 Å². The third-order valence-electron chi connectivity index (χ3n) is 8.11. The maximum absolute atomic E-state index is 6.18. The fourth-order valence-electron chi connectivity index (χ4n) is 6.39. The van der Waals surface area contributed by atoms with Gasteiger partial charge in [0.2, 0.25) is 0 Å². The van der Waals surface area contributed by atoms with Gasteiger partial charge in [-0.1, -0.05) is 78.9 Å². The number of rotatable bonds is 2. The number of thiazole rings is 1. The lowest BCUT2D eigenvalue weighted by Gasteiger charge is -2.18. The fourth-order valence-corrected chi connectivity index (χ4v) is 7.53. The number of hydrogen-bond acceptors (Lipinski definition) is 3. The van der Waals surface area contributed by atoms with Gasteiger partial charge in [0.1, 0.15) is 16.2 Å². The molecule has 3 nitrogen and oxygen atoms in total. The smallest absolute Gasteiger partial charge is 0.137 e. The maximum atomic E-state index is 6.18. The van der Waals surface area contributed by atoms with Crippen molar-refractivity contribution < 1.29 is 4.42 Å². The molecule has 0 amide bonds. The summed E-state index contributed by atoms with van der Waals surface area (Å²) in [5, 5.41) is 8.42. The SMILES string of the molecule is C1=CCC(n2c3cc4ccccc4cc3c3c(-c4nc5ccc6oc7ccccc7c6c5s4)cccc32)C=C1. The zero-order valence-corrected chi connectivity index (χ0v) is 21.8. The number of para-hydroxylation sites is 1. The third kappa shape index (κ3) is 3.01. The molecule has 39 heavy (non-hydrogen) atoms. The Balaban J connectivity index is 1.38. The van der Waals surface area contributed by atoms with E-state index in [4.69, 9.17) is 9.40 Å². The first kappa shape index (κ1) is 21.3. The third-order valence-corrected chi connectivity index (χ3v) is 9.23. The van der Waals surface area contributed by atoms with Crippen LogP contribution in [0.25, 0.3) is 75.3 Å². The molecule has 3 heterocycles. The standard InChI is InChI=1S/C35H22N2OS/c1-2-11-23(12-3-1)37-28-15-8-14-25(32(28)26-19-21-9-4-5-10-22(21)20-29(26)37)35-36-27-17-18-31-33(34(27)39-35)24-13-6-7-16-30(24)38-31/h1-11,13-20,23H,12H2. The Labute approximate surface area is 227 Å². The second-order valence-corrected chi connectivity index (χ2v) is 11.3. The van der Waals surface area contributed by atoms with Crippen molar-refractivity contribution in [1.29, 1.82) is 0 Å². The molecule has 0 fully saturated rings. The first-order valence-corrected chi connectivity index (χ1v) is 14.1. The summed E-state index contributed by atoms with van der Waals surface area (Å²) in [5.74, 6) is 0. The van der Waals surface area contributed by atoms with Gasteiger partial charge >= 0.3 is 0 Å². The summed E-state index contributed by atoms with van der Waals surface area (Å²) in [6.45, 7) is 0. The highest BCUT2D eigenvalue weighted by Crippen LogP contribution is 2.45. The Morgan fingerprint density at radius 2 is 1.62 bits per heavy atom. The summed E-state index contributed by atoms with van der Waals surface area (Å²) in [6, 6.07) is 32.8. The van der Waals surface area contributed by atoms with Crippen LogP contribution in [0.1, 0.15) is 12.5 Å². The van der Waals surface area contributed by atoms with E-state index in [0.717, 1.165) is 38.9 Å². The minimum atomic E-state index is 0.277. The van der Waals surface area contributed by atoms with Gasteiger partial charge in [-0.3, -0.25) is 0 Å². The average Bonchev–Trinajstić information content (AvgIpc) is 3.67. The quantitative estimate of drug-likeness (QED) is 0.228. The van der Waals surface area contributed by atoms with E-state index in [1.165, 1.54) is 42.8 Å². The molecule has 1 unspecified atom stereocenters. The van der Waals surface area contributed by atoms with E-state index in [-0.39, 0.29) is 6.04 Å². The van der Waals surface area contributed by atoms with Gasteiger partial charge in [0, 0.05) is 27.1 Å². The minimum absolute atomic E-state index is 0.277. The molecule has 0 aliphatic heterocycles. The van der Waals surface area contributed by atoms with Crippen LogP contribution in [-0.4, -0.2) is 9.55 Å². The van der Waals surface area contributed by atoms with E-state index in [0.29, 0.717) is 0 Å². The van der Waals surface area contributed by atoms with Gasteiger partial charge in [0.05, 0.1) is 27.3 Å². The van der Waals surface area contributed by atoms with E-state index >= 15 is 0 Å².